The maximum atomic E-state index is 12.5. The molecule has 24 heteroatoms. The Morgan fingerprint density at radius 3 is 2.28 bits per heavy atom. The summed E-state index contributed by atoms with van der Waals surface area (Å²) in [5, 5.41) is 70.1. The third-order valence-electron chi connectivity index (χ3n) is 6.90. The fourth-order valence-electron chi connectivity index (χ4n) is 4.63. The van der Waals surface area contributed by atoms with Gasteiger partial charge in [-0.1, -0.05) is 0 Å². The number of hydrogen-bond acceptors (Lipinski definition) is 18. The summed E-state index contributed by atoms with van der Waals surface area (Å²) < 4.78 is 48.8. The molecule has 21 nitrogen and oxygen atoms in total. The lowest BCUT2D eigenvalue weighted by molar-refractivity contribution is -0.231. The third-order valence-corrected chi connectivity index (χ3v) is 10.6. The van der Waals surface area contributed by atoms with Crippen molar-refractivity contribution in [2.45, 2.75) is 67.8 Å². The van der Waals surface area contributed by atoms with Gasteiger partial charge in [0.1, 0.15) is 42.7 Å². The van der Waals surface area contributed by atoms with Crippen molar-refractivity contribution >= 4 is 33.3 Å². The van der Waals surface area contributed by atoms with Crippen molar-refractivity contribution in [1.82, 2.24) is 9.55 Å². The first-order valence-electron chi connectivity index (χ1n) is 13.1. The molecule has 0 aromatic carbocycles. The van der Waals surface area contributed by atoms with E-state index >= 15 is 0 Å². The van der Waals surface area contributed by atoms with Crippen LogP contribution in [0.25, 0.3) is 10.4 Å². The van der Waals surface area contributed by atoms with Gasteiger partial charge >= 0.3 is 21.3 Å². The number of aromatic nitrogens is 2. The lowest BCUT2D eigenvalue weighted by atomic mass is 9.94. The first-order chi connectivity index (χ1) is 21.5. The van der Waals surface area contributed by atoms with Crippen molar-refractivity contribution < 1.29 is 82.3 Å². The fraction of sp³-hybridized carbons (Fsp3) is 0.591. The molecule has 0 saturated carbocycles. The zero-order valence-electron chi connectivity index (χ0n) is 23.1. The van der Waals surface area contributed by atoms with Gasteiger partial charge in [0.05, 0.1) is 29.8 Å². The molecule has 12 atom stereocenters. The minimum absolute atomic E-state index is 0.137. The SMILES string of the molecule is O=Cc1ccc(-c2cn([C@@H]3O[C@H](C(O)OP(=O)(O)OP(=O)(O)OCC[C@H]4O[C@H](CO)[C@H](O)[C@H](O)[C@H]4O)[C@@H](O)[C@H]3O)c(=O)[nH]c2=O)s1. The summed E-state index contributed by atoms with van der Waals surface area (Å²) in [6.07, 6.45) is -17.4. The van der Waals surface area contributed by atoms with Gasteiger partial charge in [-0.2, -0.15) is 4.31 Å². The van der Waals surface area contributed by atoms with Gasteiger partial charge < -0.3 is 55.0 Å². The highest BCUT2D eigenvalue weighted by atomic mass is 32.1. The van der Waals surface area contributed by atoms with Gasteiger partial charge in [-0.15, -0.1) is 11.3 Å². The van der Waals surface area contributed by atoms with Crippen LogP contribution in [0.15, 0.2) is 27.9 Å². The Morgan fingerprint density at radius 2 is 1.65 bits per heavy atom. The summed E-state index contributed by atoms with van der Waals surface area (Å²) in [7, 11) is -11.2. The molecular weight excluding hydrogens is 690 g/mol. The van der Waals surface area contributed by atoms with Gasteiger partial charge in [0.15, 0.2) is 18.8 Å². The Morgan fingerprint density at radius 1 is 0.978 bits per heavy atom. The number of rotatable bonds is 13. The van der Waals surface area contributed by atoms with Crippen LogP contribution < -0.4 is 11.2 Å². The average molecular weight is 720 g/mol. The number of carbonyl (C=O) groups excluding carboxylic acids is 1. The van der Waals surface area contributed by atoms with Crippen LogP contribution in [0, 0.1) is 0 Å². The van der Waals surface area contributed by atoms with E-state index in [4.69, 9.17) is 9.47 Å². The fourth-order valence-corrected chi connectivity index (χ4v) is 7.58. The van der Waals surface area contributed by atoms with Crippen molar-refractivity contribution in [3.8, 4) is 10.4 Å². The number of aliphatic hydroxyl groups excluding tert-OH is 7. The number of ether oxygens (including phenoxy) is 2. The van der Waals surface area contributed by atoms with Gasteiger partial charge in [0.25, 0.3) is 5.56 Å². The molecule has 2 aromatic heterocycles. The van der Waals surface area contributed by atoms with E-state index in [2.05, 4.69) is 13.4 Å². The Bertz CT molecular complexity index is 1600. The minimum atomic E-state index is -5.73. The molecule has 4 rings (SSSR count). The Balaban J connectivity index is 1.38. The number of aromatic amines is 1. The number of thiophene rings is 1. The van der Waals surface area contributed by atoms with E-state index in [1.54, 1.807) is 0 Å². The highest BCUT2D eigenvalue weighted by Gasteiger charge is 2.50. The first-order valence-corrected chi connectivity index (χ1v) is 16.9. The van der Waals surface area contributed by atoms with Crippen molar-refractivity contribution in [1.29, 1.82) is 0 Å². The summed E-state index contributed by atoms with van der Waals surface area (Å²) in [6, 6.07) is 2.81. The van der Waals surface area contributed by atoms with Crippen LogP contribution in [-0.4, -0.2) is 130 Å². The van der Waals surface area contributed by atoms with Gasteiger partial charge in [0, 0.05) is 17.5 Å². The Hall–Kier alpha value is -2.05. The predicted octanol–water partition coefficient (Wildman–Crippen LogP) is -3.50. The normalized spacial score (nSPS) is 33.3. The molecule has 2 saturated heterocycles. The van der Waals surface area contributed by atoms with Crippen LogP contribution in [0.2, 0.25) is 0 Å². The van der Waals surface area contributed by atoms with Crippen molar-refractivity contribution in [3.05, 3.63) is 44.0 Å². The number of aldehydes is 1. The molecule has 2 aromatic rings. The number of nitrogens with one attached hydrogen (secondary N) is 1. The average Bonchev–Trinajstić information content (AvgIpc) is 3.56. The quantitative estimate of drug-likeness (QED) is 0.0545. The molecular formula is C22H30N2O19P2S. The number of phosphoric acid groups is 2. The molecule has 2 fully saturated rings. The maximum absolute atomic E-state index is 12.5. The molecule has 4 heterocycles. The monoisotopic (exact) mass is 720 g/mol. The maximum Gasteiger partial charge on any atom is 0.483 e. The minimum Gasteiger partial charge on any atom is -0.394 e. The lowest BCUT2D eigenvalue weighted by Gasteiger charge is -2.40. The summed E-state index contributed by atoms with van der Waals surface area (Å²) in [5.41, 5.74) is -2.14. The van der Waals surface area contributed by atoms with E-state index in [9.17, 15) is 69.0 Å². The molecule has 0 spiro atoms. The number of carbonyl (C=O) groups is 1. The van der Waals surface area contributed by atoms with Crippen LogP contribution in [0.5, 0.6) is 0 Å². The van der Waals surface area contributed by atoms with E-state index in [-0.39, 0.29) is 15.3 Å². The topological polar surface area (TPSA) is 334 Å². The van der Waals surface area contributed by atoms with Crippen molar-refractivity contribution in [3.63, 3.8) is 0 Å². The van der Waals surface area contributed by atoms with Crippen LogP contribution in [0.4, 0.5) is 0 Å². The Labute approximate surface area is 260 Å². The lowest BCUT2D eigenvalue weighted by Crippen LogP contribution is -2.58. The van der Waals surface area contributed by atoms with Gasteiger partial charge in [-0.3, -0.25) is 28.2 Å². The second-order valence-electron chi connectivity index (χ2n) is 10.0. The van der Waals surface area contributed by atoms with Gasteiger partial charge in [0.2, 0.25) is 0 Å². The molecule has 3 unspecified atom stereocenters. The first kappa shape index (κ1) is 36.8. The zero-order valence-corrected chi connectivity index (χ0v) is 25.7. The van der Waals surface area contributed by atoms with Crippen molar-refractivity contribution in [2.24, 2.45) is 0 Å². The number of nitrogens with zero attached hydrogens (tertiary/aromatic N) is 1. The number of phosphoric ester groups is 2. The smallest absolute Gasteiger partial charge is 0.394 e. The van der Waals surface area contributed by atoms with E-state index < -0.39 is 108 Å². The third kappa shape index (κ3) is 8.14. The van der Waals surface area contributed by atoms with E-state index in [0.29, 0.717) is 10.9 Å². The molecule has 0 radical (unpaired) electrons. The number of hydrogen-bond donors (Lipinski definition) is 10. The number of H-pyrrole nitrogens is 1. The largest absolute Gasteiger partial charge is 0.483 e. The van der Waals surface area contributed by atoms with Gasteiger partial charge in [-0.25, -0.2) is 13.9 Å². The van der Waals surface area contributed by atoms with Crippen LogP contribution in [-0.2, 0) is 32.0 Å². The second-order valence-corrected chi connectivity index (χ2v) is 14.1. The summed E-state index contributed by atoms with van der Waals surface area (Å²) >= 11 is 0.900. The summed E-state index contributed by atoms with van der Waals surface area (Å²) in [6.45, 7) is -1.55. The Kier molecular flexibility index (Phi) is 11.7. The summed E-state index contributed by atoms with van der Waals surface area (Å²) in [4.78, 5) is 58.2. The van der Waals surface area contributed by atoms with E-state index in [0.717, 1.165) is 17.5 Å². The molecule has 46 heavy (non-hydrogen) atoms. The molecule has 10 N–H and O–H groups in total. The van der Waals surface area contributed by atoms with Crippen LogP contribution >= 0.6 is 27.0 Å². The number of aliphatic hydroxyl groups is 7. The van der Waals surface area contributed by atoms with Crippen LogP contribution in [0.1, 0.15) is 22.3 Å². The molecule has 2 aliphatic rings. The molecule has 0 aliphatic carbocycles. The predicted molar refractivity (Wildman–Crippen MR) is 148 cm³/mol. The highest BCUT2D eigenvalue weighted by molar-refractivity contribution is 7.61. The molecule has 0 bridgehead atoms. The second kappa shape index (κ2) is 14.6. The van der Waals surface area contributed by atoms with Crippen molar-refractivity contribution in [2.75, 3.05) is 13.2 Å². The summed E-state index contributed by atoms with van der Waals surface area (Å²) in [5.74, 6) is 0. The molecule has 258 valence electrons. The van der Waals surface area contributed by atoms with Gasteiger partial charge in [-0.05, 0) is 12.1 Å². The van der Waals surface area contributed by atoms with Crippen LogP contribution in [0.3, 0.4) is 0 Å². The van der Waals surface area contributed by atoms with E-state index in [1.807, 2.05) is 4.98 Å². The molecule has 0 amide bonds. The molecule has 2 aliphatic heterocycles. The van der Waals surface area contributed by atoms with E-state index in [1.165, 1.54) is 12.1 Å². The highest BCUT2D eigenvalue weighted by Crippen LogP contribution is 2.61. The standard InChI is InChI=1S/C22H30N2O19P2S/c25-6-8-1-2-12(46-8)9-5-24(22(34)23-19(9)32)20-17(31)16(30)18(41-20)21(33)42-45(37,38)43-44(35,36)39-4-3-10-13(27)15(29)14(28)11(7-26)40-10/h1-2,5-6,10-11,13-18,20-21,26-31,33H,3-4,7H2,(H,35,36)(H,37,38)(H,23,32,34)/t10-,11-,13+,14+,15-,16+,17-,18+,20-,21?/m1/s1. The zero-order chi connectivity index (χ0) is 34.1.